The third-order valence-corrected chi connectivity index (χ3v) is 1.65. The summed E-state index contributed by atoms with van der Waals surface area (Å²) < 4.78 is 1.90. The van der Waals surface area contributed by atoms with Crippen LogP contribution in [0.1, 0.15) is 21.3 Å². The van der Waals surface area contributed by atoms with Crippen LogP contribution in [0.15, 0.2) is 12.5 Å². The number of nitrogens with zero attached hydrogens (tertiary/aromatic N) is 3. The van der Waals surface area contributed by atoms with Crippen molar-refractivity contribution in [2.24, 2.45) is 0 Å². The van der Waals surface area contributed by atoms with E-state index in [1.165, 1.54) is 0 Å². The zero-order chi connectivity index (χ0) is 7.84. The lowest BCUT2D eigenvalue weighted by atomic mass is 10.4. The van der Waals surface area contributed by atoms with Gasteiger partial charge in [0.2, 0.25) is 0 Å². The SMILES string of the molecule is CC(C)n1cc2[nH]cnc2n1.[HH]. The van der Waals surface area contributed by atoms with E-state index in [1.807, 2.05) is 10.9 Å². The van der Waals surface area contributed by atoms with Crippen LogP contribution < -0.4 is 0 Å². The molecule has 0 aromatic carbocycles. The molecule has 2 aromatic heterocycles. The molecule has 11 heavy (non-hydrogen) atoms. The minimum absolute atomic E-state index is 0. The van der Waals surface area contributed by atoms with Crippen LogP contribution in [0.3, 0.4) is 0 Å². The third kappa shape index (κ3) is 0.906. The van der Waals surface area contributed by atoms with Crippen molar-refractivity contribution in [3.05, 3.63) is 12.5 Å². The van der Waals surface area contributed by atoms with Crippen molar-refractivity contribution in [2.45, 2.75) is 19.9 Å². The number of nitrogens with one attached hydrogen (secondary N) is 1. The molecule has 4 nitrogen and oxygen atoms in total. The Morgan fingerprint density at radius 1 is 1.64 bits per heavy atom. The molecule has 60 valence electrons. The molecule has 0 aliphatic rings. The lowest BCUT2D eigenvalue weighted by Crippen LogP contribution is -2.00. The van der Waals surface area contributed by atoms with E-state index in [2.05, 4.69) is 28.9 Å². The molecular formula is C7H12N4. The van der Waals surface area contributed by atoms with Gasteiger partial charge in [-0.15, -0.1) is 0 Å². The summed E-state index contributed by atoms with van der Waals surface area (Å²) in [6.07, 6.45) is 3.62. The van der Waals surface area contributed by atoms with Gasteiger partial charge in [0.15, 0.2) is 5.65 Å². The summed E-state index contributed by atoms with van der Waals surface area (Å²) in [4.78, 5) is 7.03. The molecule has 2 aromatic rings. The summed E-state index contributed by atoms with van der Waals surface area (Å²) in [5.74, 6) is 0. The molecule has 0 aliphatic heterocycles. The first-order valence-electron chi connectivity index (χ1n) is 3.65. The first kappa shape index (κ1) is 6.39. The maximum Gasteiger partial charge on any atom is 0.199 e. The fourth-order valence-electron chi connectivity index (χ4n) is 1.01. The van der Waals surface area contributed by atoms with Crippen molar-refractivity contribution in [3.8, 4) is 0 Å². The van der Waals surface area contributed by atoms with Crippen molar-refractivity contribution in [1.82, 2.24) is 19.7 Å². The molecule has 1 N–H and O–H groups in total. The quantitative estimate of drug-likeness (QED) is 0.674. The zero-order valence-electron chi connectivity index (χ0n) is 6.57. The third-order valence-electron chi connectivity index (χ3n) is 1.65. The molecule has 0 bridgehead atoms. The minimum atomic E-state index is 0. The number of hydrogen-bond donors (Lipinski definition) is 1. The number of imidazole rings is 1. The first-order valence-corrected chi connectivity index (χ1v) is 3.65. The van der Waals surface area contributed by atoms with Gasteiger partial charge in [0.1, 0.15) is 5.52 Å². The number of fused-ring (bicyclic) bond motifs is 1. The van der Waals surface area contributed by atoms with Crippen molar-refractivity contribution >= 4 is 11.2 Å². The van der Waals surface area contributed by atoms with Gasteiger partial charge in [0, 0.05) is 7.47 Å². The molecule has 2 heterocycles. The Morgan fingerprint density at radius 2 is 2.45 bits per heavy atom. The molecule has 0 fully saturated rings. The Labute approximate surface area is 65.7 Å². The number of aromatic amines is 1. The predicted octanol–water partition coefficient (Wildman–Crippen LogP) is 1.59. The Balaban J connectivity index is 0.000000720. The fraction of sp³-hybridized carbons (Fsp3) is 0.429. The van der Waals surface area contributed by atoms with E-state index in [0.29, 0.717) is 6.04 Å². The minimum Gasteiger partial charge on any atom is -0.342 e. The molecule has 0 atom stereocenters. The largest absolute Gasteiger partial charge is 0.342 e. The lowest BCUT2D eigenvalue weighted by molar-refractivity contribution is 0.536. The molecule has 0 amide bonds. The number of H-pyrrole nitrogens is 1. The number of rotatable bonds is 1. The van der Waals surface area contributed by atoms with Gasteiger partial charge in [-0.3, -0.25) is 4.68 Å². The Kier molecular flexibility index (Phi) is 1.21. The monoisotopic (exact) mass is 152 g/mol. The van der Waals surface area contributed by atoms with Gasteiger partial charge in [0.25, 0.3) is 0 Å². The van der Waals surface area contributed by atoms with Gasteiger partial charge in [-0.25, -0.2) is 4.98 Å². The average molecular weight is 152 g/mol. The highest BCUT2D eigenvalue weighted by Crippen LogP contribution is 2.09. The highest BCUT2D eigenvalue weighted by Gasteiger charge is 2.03. The normalized spacial score (nSPS) is 11.5. The molecule has 0 saturated heterocycles. The van der Waals surface area contributed by atoms with Gasteiger partial charge in [-0.2, -0.15) is 5.10 Å². The molecule has 0 saturated carbocycles. The predicted molar refractivity (Wildman–Crippen MR) is 44.4 cm³/mol. The smallest absolute Gasteiger partial charge is 0.199 e. The summed E-state index contributed by atoms with van der Waals surface area (Å²) in [5.41, 5.74) is 1.79. The van der Waals surface area contributed by atoms with E-state index in [9.17, 15) is 0 Å². The standard InChI is InChI=1S/C7H10N4.H2/c1-5(2)11-3-6-7(10-11)9-4-8-6;/h3-5H,1-2H3,(H,8,9,10);1H. The van der Waals surface area contributed by atoms with Gasteiger partial charge in [-0.1, -0.05) is 0 Å². The summed E-state index contributed by atoms with van der Waals surface area (Å²) in [6, 6.07) is 0.401. The van der Waals surface area contributed by atoms with Crippen LogP contribution in [0.5, 0.6) is 0 Å². The van der Waals surface area contributed by atoms with E-state index in [1.54, 1.807) is 6.33 Å². The summed E-state index contributed by atoms with van der Waals surface area (Å²) in [5, 5.41) is 4.25. The summed E-state index contributed by atoms with van der Waals surface area (Å²) in [7, 11) is 0. The van der Waals surface area contributed by atoms with Gasteiger partial charge >= 0.3 is 0 Å². The Morgan fingerprint density at radius 3 is 3.09 bits per heavy atom. The highest BCUT2D eigenvalue weighted by atomic mass is 15.3. The number of hydrogen-bond acceptors (Lipinski definition) is 2. The Bertz CT molecular complexity index is 334. The van der Waals surface area contributed by atoms with Crippen LogP contribution in [0.2, 0.25) is 0 Å². The molecule has 4 heteroatoms. The molecule has 2 rings (SSSR count). The van der Waals surface area contributed by atoms with E-state index in [0.717, 1.165) is 11.2 Å². The van der Waals surface area contributed by atoms with Crippen molar-refractivity contribution < 1.29 is 1.43 Å². The second-order valence-electron chi connectivity index (χ2n) is 2.84. The lowest BCUT2D eigenvalue weighted by Gasteiger charge is -2.01. The van der Waals surface area contributed by atoms with Crippen molar-refractivity contribution in [1.29, 1.82) is 0 Å². The molecule has 0 aliphatic carbocycles. The van der Waals surface area contributed by atoms with E-state index < -0.39 is 0 Å². The maximum absolute atomic E-state index is 4.25. The summed E-state index contributed by atoms with van der Waals surface area (Å²) >= 11 is 0. The molecule has 0 unspecified atom stereocenters. The maximum atomic E-state index is 4.25. The summed E-state index contributed by atoms with van der Waals surface area (Å²) in [6.45, 7) is 4.18. The van der Waals surface area contributed by atoms with Crippen LogP contribution in [0.25, 0.3) is 11.2 Å². The zero-order valence-corrected chi connectivity index (χ0v) is 6.57. The second kappa shape index (κ2) is 2.08. The van der Waals surface area contributed by atoms with Crippen LogP contribution in [0, 0.1) is 0 Å². The average Bonchev–Trinajstić information content (AvgIpc) is 2.40. The van der Waals surface area contributed by atoms with E-state index in [-0.39, 0.29) is 1.43 Å². The number of aromatic nitrogens is 4. The van der Waals surface area contributed by atoms with Gasteiger partial charge < -0.3 is 4.98 Å². The molecule has 0 radical (unpaired) electrons. The van der Waals surface area contributed by atoms with Crippen LogP contribution >= 0.6 is 0 Å². The topological polar surface area (TPSA) is 46.5 Å². The van der Waals surface area contributed by atoms with Crippen LogP contribution in [-0.2, 0) is 0 Å². The first-order chi connectivity index (χ1) is 5.27. The van der Waals surface area contributed by atoms with E-state index >= 15 is 0 Å². The molecule has 0 spiro atoms. The van der Waals surface area contributed by atoms with Crippen LogP contribution in [0.4, 0.5) is 0 Å². The highest BCUT2D eigenvalue weighted by molar-refractivity contribution is 5.68. The van der Waals surface area contributed by atoms with Crippen LogP contribution in [-0.4, -0.2) is 19.7 Å². The van der Waals surface area contributed by atoms with Crippen molar-refractivity contribution in [2.75, 3.05) is 0 Å². The Hall–Kier alpha value is -1.32. The van der Waals surface area contributed by atoms with Gasteiger partial charge in [-0.05, 0) is 13.8 Å². The fourth-order valence-corrected chi connectivity index (χ4v) is 1.01. The second-order valence-corrected chi connectivity index (χ2v) is 2.84. The molecular weight excluding hydrogens is 140 g/mol. The van der Waals surface area contributed by atoms with Crippen molar-refractivity contribution in [3.63, 3.8) is 0 Å². The van der Waals surface area contributed by atoms with E-state index in [4.69, 9.17) is 0 Å². The van der Waals surface area contributed by atoms with Gasteiger partial charge in [0.05, 0.1) is 12.5 Å².